The molecule has 1 N–H and O–H groups in total. The molecule has 0 unspecified atom stereocenters. The molecular weight excluding hydrogens is 244 g/mol. The van der Waals surface area contributed by atoms with Gasteiger partial charge in [0.15, 0.2) is 0 Å². The van der Waals surface area contributed by atoms with Crippen LogP contribution < -0.4 is 0 Å². The summed E-state index contributed by atoms with van der Waals surface area (Å²) in [6, 6.07) is 5.46. The summed E-state index contributed by atoms with van der Waals surface area (Å²) in [6.07, 6.45) is 3.64. The Morgan fingerprint density at radius 3 is 2.57 bits per heavy atom. The summed E-state index contributed by atoms with van der Waals surface area (Å²) in [4.78, 5) is 10.8. The van der Waals surface area contributed by atoms with Crippen molar-refractivity contribution in [1.29, 1.82) is 0 Å². The molecule has 0 amide bonds. The molecule has 0 aliphatic heterocycles. The number of hydrogen-bond donors (Lipinski definition) is 1. The Kier molecular flexibility index (Phi) is 2.59. The predicted octanol–water partition coefficient (Wildman–Crippen LogP) is 3.41. The summed E-state index contributed by atoms with van der Waals surface area (Å²) in [6.45, 7) is 0. The van der Waals surface area contributed by atoms with Gasteiger partial charge in [-0.15, -0.1) is 0 Å². The van der Waals surface area contributed by atoms with Gasteiger partial charge in [0.05, 0.1) is 5.56 Å². The number of carboxylic acids is 1. The zero-order valence-corrected chi connectivity index (χ0v) is 9.25. The maximum absolute atomic E-state index is 10.8. The molecule has 1 fully saturated rings. The number of carbonyl (C=O) groups is 1. The molecule has 1 aromatic rings. The highest BCUT2D eigenvalue weighted by Gasteiger charge is 2.20. The number of aromatic carboxylic acids is 1. The largest absolute Gasteiger partial charge is 0.478 e. The van der Waals surface area contributed by atoms with Crippen molar-refractivity contribution < 1.29 is 9.90 Å². The molecule has 14 heavy (non-hydrogen) atoms. The van der Waals surface area contributed by atoms with E-state index in [-0.39, 0.29) is 0 Å². The first-order chi connectivity index (χ1) is 6.66. The van der Waals surface area contributed by atoms with Crippen molar-refractivity contribution in [2.45, 2.75) is 25.2 Å². The topological polar surface area (TPSA) is 37.3 Å². The lowest BCUT2D eigenvalue weighted by Crippen LogP contribution is -2.10. The molecule has 0 aromatic heterocycles. The van der Waals surface area contributed by atoms with E-state index in [0.717, 1.165) is 10.0 Å². The van der Waals surface area contributed by atoms with Gasteiger partial charge in [0.2, 0.25) is 0 Å². The smallest absolute Gasteiger partial charge is 0.335 e. The molecule has 0 atom stereocenters. The van der Waals surface area contributed by atoms with Crippen molar-refractivity contribution in [2.24, 2.45) is 0 Å². The van der Waals surface area contributed by atoms with Gasteiger partial charge in [0.25, 0.3) is 0 Å². The fourth-order valence-corrected chi connectivity index (χ4v) is 2.22. The van der Waals surface area contributed by atoms with E-state index in [0.29, 0.717) is 11.5 Å². The standard InChI is InChI=1S/C11H11BrO2/c12-10-5-8(7-2-1-3-7)4-9(6-10)11(13)14/h4-7H,1-3H2,(H,13,14). The van der Waals surface area contributed by atoms with Crippen LogP contribution in [0.4, 0.5) is 0 Å². The number of halogens is 1. The summed E-state index contributed by atoms with van der Waals surface area (Å²) in [5.74, 6) is -0.280. The second-order valence-electron chi connectivity index (χ2n) is 3.71. The molecular formula is C11H11BrO2. The Hall–Kier alpha value is -0.830. The van der Waals surface area contributed by atoms with Crippen LogP contribution in [0.15, 0.2) is 22.7 Å². The maximum Gasteiger partial charge on any atom is 0.335 e. The maximum atomic E-state index is 10.8. The van der Waals surface area contributed by atoms with Gasteiger partial charge in [-0.1, -0.05) is 22.4 Å². The summed E-state index contributed by atoms with van der Waals surface area (Å²) in [5, 5.41) is 8.89. The van der Waals surface area contributed by atoms with Crippen LogP contribution in [-0.2, 0) is 0 Å². The number of carboxylic acid groups (broad SMARTS) is 1. The normalized spacial score (nSPS) is 16.4. The summed E-state index contributed by atoms with van der Waals surface area (Å²) < 4.78 is 0.860. The van der Waals surface area contributed by atoms with Crippen LogP contribution in [0.1, 0.15) is 41.1 Å². The minimum absolute atomic E-state index is 0.376. The fraction of sp³-hybridized carbons (Fsp3) is 0.364. The van der Waals surface area contributed by atoms with Crippen molar-refractivity contribution in [3.63, 3.8) is 0 Å². The van der Waals surface area contributed by atoms with Gasteiger partial charge < -0.3 is 5.11 Å². The van der Waals surface area contributed by atoms with Crippen LogP contribution in [0.2, 0.25) is 0 Å². The van der Waals surface area contributed by atoms with E-state index in [1.807, 2.05) is 6.07 Å². The Balaban J connectivity index is 2.35. The predicted molar refractivity (Wildman–Crippen MR) is 57.7 cm³/mol. The van der Waals surface area contributed by atoms with E-state index in [1.165, 1.54) is 19.3 Å². The molecule has 0 bridgehead atoms. The van der Waals surface area contributed by atoms with Gasteiger partial charge in [-0.05, 0) is 42.5 Å². The third-order valence-corrected chi connectivity index (χ3v) is 3.20. The first kappa shape index (κ1) is 9.71. The molecule has 1 aromatic carbocycles. The van der Waals surface area contributed by atoms with E-state index < -0.39 is 5.97 Å². The molecule has 3 heteroatoms. The van der Waals surface area contributed by atoms with Crippen LogP contribution in [0, 0.1) is 0 Å². The monoisotopic (exact) mass is 254 g/mol. The summed E-state index contributed by atoms with van der Waals surface area (Å²) in [7, 11) is 0. The fourth-order valence-electron chi connectivity index (χ4n) is 1.71. The van der Waals surface area contributed by atoms with Crippen LogP contribution in [0.25, 0.3) is 0 Å². The van der Waals surface area contributed by atoms with Crippen molar-refractivity contribution in [3.05, 3.63) is 33.8 Å². The lowest BCUT2D eigenvalue weighted by atomic mass is 9.80. The first-order valence-electron chi connectivity index (χ1n) is 4.70. The second kappa shape index (κ2) is 3.73. The number of benzene rings is 1. The van der Waals surface area contributed by atoms with Crippen LogP contribution >= 0.6 is 15.9 Å². The minimum atomic E-state index is -0.855. The minimum Gasteiger partial charge on any atom is -0.478 e. The Morgan fingerprint density at radius 1 is 1.36 bits per heavy atom. The van der Waals surface area contributed by atoms with Crippen molar-refractivity contribution in [2.75, 3.05) is 0 Å². The molecule has 2 rings (SSSR count). The van der Waals surface area contributed by atoms with Gasteiger partial charge in [0.1, 0.15) is 0 Å². The molecule has 1 saturated carbocycles. The van der Waals surface area contributed by atoms with Crippen molar-refractivity contribution >= 4 is 21.9 Å². The molecule has 0 radical (unpaired) electrons. The van der Waals surface area contributed by atoms with E-state index in [4.69, 9.17) is 5.11 Å². The van der Waals surface area contributed by atoms with Gasteiger partial charge in [-0.3, -0.25) is 0 Å². The third-order valence-electron chi connectivity index (χ3n) is 2.74. The molecule has 1 aliphatic carbocycles. The van der Waals surface area contributed by atoms with Crippen LogP contribution in [0.5, 0.6) is 0 Å². The average molecular weight is 255 g/mol. The molecule has 0 saturated heterocycles. The first-order valence-corrected chi connectivity index (χ1v) is 5.50. The number of rotatable bonds is 2. The van der Waals surface area contributed by atoms with Gasteiger partial charge >= 0.3 is 5.97 Å². The van der Waals surface area contributed by atoms with Crippen LogP contribution in [0.3, 0.4) is 0 Å². The molecule has 2 nitrogen and oxygen atoms in total. The Bertz CT molecular complexity index is 370. The molecule has 0 heterocycles. The third kappa shape index (κ3) is 1.82. The van der Waals surface area contributed by atoms with Gasteiger partial charge in [-0.25, -0.2) is 4.79 Å². The van der Waals surface area contributed by atoms with E-state index in [1.54, 1.807) is 12.1 Å². The van der Waals surface area contributed by atoms with Crippen LogP contribution in [-0.4, -0.2) is 11.1 Å². The van der Waals surface area contributed by atoms with Crippen molar-refractivity contribution in [1.82, 2.24) is 0 Å². The van der Waals surface area contributed by atoms with Gasteiger partial charge in [0, 0.05) is 4.47 Å². The van der Waals surface area contributed by atoms with E-state index >= 15 is 0 Å². The molecule has 0 spiro atoms. The highest BCUT2D eigenvalue weighted by atomic mass is 79.9. The lowest BCUT2D eigenvalue weighted by Gasteiger charge is -2.26. The second-order valence-corrected chi connectivity index (χ2v) is 4.62. The summed E-state index contributed by atoms with van der Waals surface area (Å²) >= 11 is 3.34. The average Bonchev–Trinajstić information content (AvgIpc) is 1.99. The zero-order valence-electron chi connectivity index (χ0n) is 7.66. The summed E-state index contributed by atoms with van der Waals surface area (Å²) in [5.41, 5.74) is 1.53. The lowest BCUT2D eigenvalue weighted by molar-refractivity contribution is 0.0696. The molecule has 74 valence electrons. The van der Waals surface area contributed by atoms with Gasteiger partial charge in [-0.2, -0.15) is 0 Å². The SMILES string of the molecule is O=C(O)c1cc(Br)cc(C2CCC2)c1. The number of hydrogen-bond acceptors (Lipinski definition) is 1. The van der Waals surface area contributed by atoms with E-state index in [9.17, 15) is 4.79 Å². The zero-order chi connectivity index (χ0) is 10.1. The van der Waals surface area contributed by atoms with Crippen molar-refractivity contribution in [3.8, 4) is 0 Å². The van der Waals surface area contributed by atoms with E-state index in [2.05, 4.69) is 15.9 Å². The molecule has 1 aliphatic rings. The Labute approximate surface area is 91.1 Å². The Morgan fingerprint density at radius 2 is 2.07 bits per heavy atom. The highest BCUT2D eigenvalue weighted by Crippen LogP contribution is 2.37. The quantitative estimate of drug-likeness (QED) is 0.879. The highest BCUT2D eigenvalue weighted by molar-refractivity contribution is 9.10.